The first kappa shape index (κ1) is 11.1. The van der Waals surface area contributed by atoms with Gasteiger partial charge in [0.25, 0.3) is 0 Å². The Balaban J connectivity index is 2.45. The number of ether oxygens (including phenoxy) is 1. The second-order valence-corrected chi connectivity index (χ2v) is 3.29. The van der Waals surface area contributed by atoms with Gasteiger partial charge in [0.15, 0.2) is 5.75 Å². The van der Waals surface area contributed by atoms with Crippen LogP contribution in [0.4, 0.5) is 5.69 Å². The molecular weight excluding hydrogens is 222 g/mol. The minimum atomic E-state index is -0.460. The Labute approximate surface area is 97.6 Å². The largest absolute Gasteiger partial charge is 0.487 e. The highest BCUT2D eigenvalue weighted by Gasteiger charge is 2.15. The fraction of sp³-hybridized carbons (Fsp3) is 0.182. The Morgan fingerprint density at radius 1 is 1.53 bits per heavy atom. The van der Waals surface area contributed by atoms with Crippen molar-refractivity contribution in [2.75, 3.05) is 6.61 Å². The Kier molecular flexibility index (Phi) is 3.04. The number of nitro benzene ring substituents is 1. The number of rotatable bonds is 4. The van der Waals surface area contributed by atoms with Crippen LogP contribution in [0.3, 0.4) is 0 Å². The summed E-state index contributed by atoms with van der Waals surface area (Å²) in [5, 5.41) is 14.9. The average molecular weight is 233 g/mol. The SMILES string of the molecule is CCOc1cc(-n2cccn2)ccc1[N+](=O)[O-]. The van der Waals surface area contributed by atoms with E-state index in [2.05, 4.69) is 5.10 Å². The van der Waals surface area contributed by atoms with E-state index >= 15 is 0 Å². The second-order valence-electron chi connectivity index (χ2n) is 3.29. The van der Waals surface area contributed by atoms with Gasteiger partial charge in [0.1, 0.15) is 0 Å². The predicted octanol–water partition coefficient (Wildman–Crippen LogP) is 2.18. The molecule has 1 aromatic heterocycles. The number of nitrogens with zero attached hydrogens (tertiary/aromatic N) is 3. The molecule has 6 heteroatoms. The van der Waals surface area contributed by atoms with Crippen LogP contribution in [0.5, 0.6) is 5.75 Å². The molecular formula is C11H11N3O3. The van der Waals surface area contributed by atoms with Crippen molar-refractivity contribution in [2.45, 2.75) is 6.92 Å². The van der Waals surface area contributed by atoms with Gasteiger partial charge in [0.05, 0.1) is 17.2 Å². The molecule has 1 heterocycles. The Bertz CT molecular complexity index is 523. The van der Waals surface area contributed by atoms with Crippen LogP contribution in [0.2, 0.25) is 0 Å². The summed E-state index contributed by atoms with van der Waals surface area (Å²) >= 11 is 0. The lowest BCUT2D eigenvalue weighted by Crippen LogP contribution is -2.00. The van der Waals surface area contributed by atoms with Crippen LogP contribution >= 0.6 is 0 Å². The Morgan fingerprint density at radius 2 is 2.35 bits per heavy atom. The average Bonchev–Trinajstić information content (AvgIpc) is 2.82. The molecule has 0 fully saturated rings. The maximum atomic E-state index is 10.8. The van der Waals surface area contributed by atoms with Gasteiger partial charge < -0.3 is 4.74 Å². The number of benzene rings is 1. The van der Waals surface area contributed by atoms with Gasteiger partial charge in [0, 0.05) is 24.5 Å². The lowest BCUT2D eigenvalue weighted by Gasteiger charge is -2.06. The van der Waals surface area contributed by atoms with Gasteiger partial charge in [-0.05, 0) is 19.1 Å². The molecule has 0 radical (unpaired) electrons. The summed E-state index contributed by atoms with van der Waals surface area (Å²) in [5.41, 5.74) is 0.687. The number of nitro groups is 1. The fourth-order valence-electron chi connectivity index (χ4n) is 1.49. The van der Waals surface area contributed by atoms with E-state index in [9.17, 15) is 10.1 Å². The molecule has 0 spiro atoms. The van der Waals surface area contributed by atoms with E-state index in [1.165, 1.54) is 6.07 Å². The summed E-state index contributed by atoms with van der Waals surface area (Å²) in [6, 6.07) is 6.44. The van der Waals surface area contributed by atoms with E-state index < -0.39 is 4.92 Å². The van der Waals surface area contributed by atoms with Crippen molar-refractivity contribution in [1.82, 2.24) is 9.78 Å². The first-order chi connectivity index (χ1) is 8.22. The van der Waals surface area contributed by atoms with Crippen LogP contribution in [0.1, 0.15) is 6.92 Å². The molecule has 0 saturated carbocycles. The lowest BCUT2D eigenvalue weighted by atomic mass is 10.2. The van der Waals surface area contributed by atoms with Gasteiger partial charge in [-0.2, -0.15) is 5.10 Å². The molecule has 0 amide bonds. The zero-order valence-electron chi connectivity index (χ0n) is 9.24. The van der Waals surface area contributed by atoms with Gasteiger partial charge in [-0.3, -0.25) is 10.1 Å². The zero-order chi connectivity index (χ0) is 12.3. The van der Waals surface area contributed by atoms with Crippen molar-refractivity contribution < 1.29 is 9.66 Å². The molecule has 0 unspecified atom stereocenters. The smallest absolute Gasteiger partial charge is 0.311 e. The van der Waals surface area contributed by atoms with E-state index in [4.69, 9.17) is 4.74 Å². The minimum absolute atomic E-state index is 0.0391. The third-order valence-electron chi connectivity index (χ3n) is 2.21. The molecule has 0 atom stereocenters. The van der Waals surface area contributed by atoms with E-state index in [0.717, 1.165) is 5.69 Å². The first-order valence-electron chi connectivity index (χ1n) is 5.13. The maximum Gasteiger partial charge on any atom is 0.311 e. The highest BCUT2D eigenvalue weighted by atomic mass is 16.6. The highest BCUT2D eigenvalue weighted by Crippen LogP contribution is 2.29. The van der Waals surface area contributed by atoms with Crippen molar-refractivity contribution in [3.63, 3.8) is 0 Å². The van der Waals surface area contributed by atoms with Crippen LogP contribution in [-0.4, -0.2) is 21.3 Å². The quantitative estimate of drug-likeness (QED) is 0.599. The molecule has 0 bridgehead atoms. The monoisotopic (exact) mass is 233 g/mol. The topological polar surface area (TPSA) is 70.2 Å². The van der Waals surface area contributed by atoms with Crippen molar-refractivity contribution in [3.05, 3.63) is 46.8 Å². The summed E-state index contributed by atoms with van der Waals surface area (Å²) < 4.78 is 6.87. The summed E-state index contributed by atoms with van der Waals surface area (Å²) in [6.07, 6.45) is 3.40. The minimum Gasteiger partial charge on any atom is -0.487 e. The fourth-order valence-corrected chi connectivity index (χ4v) is 1.49. The van der Waals surface area contributed by atoms with Crippen molar-refractivity contribution >= 4 is 5.69 Å². The molecule has 2 aromatic rings. The third-order valence-corrected chi connectivity index (χ3v) is 2.21. The highest BCUT2D eigenvalue weighted by molar-refractivity contribution is 5.52. The van der Waals surface area contributed by atoms with Crippen molar-refractivity contribution in [2.24, 2.45) is 0 Å². The van der Waals surface area contributed by atoms with Crippen LogP contribution in [-0.2, 0) is 0 Å². The van der Waals surface area contributed by atoms with Crippen LogP contribution in [0.15, 0.2) is 36.7 Å². The normalized spacial score (nSPS) is 10.2. The first-order valence-corrected chi connectivity index (χ1v) is 5.13. The molecule has 0 saturated heterocycles. The molecule has 1 aromatic carbocycles. The molecule has 17 heavy (non-hydrogen) atoms. The summed E-state index contributed by atoms with van der Waals surface area (Å²) in [6.45, 7) is 2.16. The van der Waals surface area contributed by atoms with Crippen LogP contribution < -0.4 is 4.74 Å². The predicted molar refractivity (Wildman–Crippen MR) is 61.4 cm³/mol. The molecule has 0 aliphatic rings. The molecule has 0 aliphatic heterocycles. The van der Waals surface area contributed by atoms with Gasteiger partial charge in [0.2, 0.25) is 0 Å². The summed E-state index contributed by atoms with van der Waals surface area (Å²) in [7, 11) is 0. The van der Waals surface area contributed by atoms with Gasteiger partial charge in [-0.25, -0.2) is 4.68 Å². The third kappa shape index (κ3) is 2.25. The van der Waals surface area contributed by atoms with E-state index in [1.54, 1.807) is 42.2 Å². The molecule has 2 rings (SSSR count). The van der Waals surface area contributed by atoms with E-state index in [0.29, 0.717) is 6.61 Å². The van der Waals surface area contributed by atoms with Crippen molar-refractivity contribution in [1.29, 1.82) is 0 Å². The van der Waals surface area contributed by atoms with Crippen LogP contribution in [0.25, 0.3) is 5.69 Å². The summed E-state index contributed by atoms with van der Waals surface area (Å²) in [5.74, 6) is 0.255. The number of hydrogen-bond donors (Lipinski definition) is 0. The number of aromatic nitrogens is 2. The molecule has 0 aliphatic carbocycles. The number of hydrogen-bond acceptors (Lipinski definition) is 4. The van der Waals surface area contributed by atoms with Gasteiger partial charge >= 0.3 is 5.69 Å². The molecule has 6 nitrogen and oxygen atoms in total. The van der Waals surface area contributed by atoms with Crippen molar-refractivity contribution in [3.8, 4) is 11.4 Å². The van der Waals surface area contributed by atoms with Gasteiger partial charge in [-0.1, -0.05) is 0 Å². The van der Waals surface area contributed by atoms with Gasteiger partial charge in [-0.15, -0.1) is 0 Å². The van der Waals surface area contributed by atoms with E-state index in [-0.39, 0.29) is 11.4 Å². The Hall–Kier alpha value is -2.37. The molecule has 88 valence electrons. The second kappa shape index (κ2) is 4.65. The lowest BCUT2D eigenvalue weighted by molar-refractivity contribution is -0.385. The zero-order valence-corrected chi connectivity index (χ0v) is 9.24. The summed E-state index contributed by atoms with van der Waals surface area (Å²) in [4.78, 5) is 10.3. The van der Waals surface area contributed by atoms with Crippen LogP contribution in [0, 0.1) is 10.1 Å². The Morgan fingerprint density at radius 3 is 2.94 bits per heavy atom. The standard InChI is InChI=1S/C11H11N3O3/c1-2-17-11-8-9(13-7-3-6-12-13)4-5-10(11)14(15)16/h3-8H,2H2,1H3. The molecule has 0 N–H and O–H groups in total. The van der Waals surface area contributed by atoms with E-state index in [1.807, 2.05) is 0 Å². The maximum absolute atomic E-state index is 10.8.